The number of nitrogens with two attached hydrogens (primary N) is 1. The van der Waals surface area contributed by atoms with Gasteiger partial charge in [-0.15, -0.1) is 0 Å². The molecule has 0 atom stereocenters. The molecular weight excluding hydrogens is 250 g/mol. The fraction of sp³-hybridized carbons (Fsp3) is 0.308. The van der Waals surface area contributed by atoms with E-state index in [4.69, 9.17) is 21.8 Å². The number of nitrogens with zero attached hydrogens (tertiary/aromatic N) is 2. The fourth-order valence-electron chi connectivity index (χ4n) is 1.74. The highest BCUT2D eigenvalue weighted by Crippen LogP contribution is 2.20. The van der Waals surface area contributed by atoms with Crippen LogP contribution in [0.5, 0.6) is 0 Å². The first kappa shape index (κ1) is 12.9. The van der Waals surface area contributed by atoms with Crippen molar-refractivity contribution in [2.45, 2.75) is 20.0 Å². The van der Waals surface area contributed by atoms with Crippen LogP contribution in [0.2, 0.25) is 5.02 Å². The molecule has 0 amide bonds. The molecule has 2 N–H and O–H groups in total. The van der Waals surface area contributed by atoms with Crippen molar-refractivity contribution >= 4 is 17.4 Å². The lowest BCUT2D eigenvalue weighted by molar-refractivity contribution is 0.503. The maximum atomic E-state index is 6.01. The van der Waals surface area contributed by atoms with Gasteiger partial charge in [0.1, 0.15) is 11.6 Å². The number of rotatable bonds is 5. The van der Waals surface area contributed by atoms with Gasteiger partial charge < -0.3 is 15.1 Å². The summed E-state index contributed by atoms with van der Waals surface area (Å²) in [4.78, 5) is 6.58. The van der Waals surface area contributed by atoms with E-state index < -0.39 is 0 Å². The SMILES string of the molecule is CCN(Cc1ccco1)c1ccc(Cl)c(CN)n1. The highest BCUT2D eigenvalue weighted by Gasteiger charge is 2.10. The second kappa shape index (κ2) is 5.89. The van der Waals surface area contributed by atoms with Gasteiger partial charge in [0.2, 0.25) is 0 Å². The standard InChI is InChI=1S/C13H16ClN3O/c1-2-17(9-10-4-3-7-18-10)13-6-5-11(14)12(8-15)16-13/h3-7H,2,8-9,15H2,1H3. The van der Waals surface area contributed by atoms with Crippen LogP contribution < -0.4 is 10.6 Å². The minimum Gasteiger partial charge on any atom is -0.467 e. The molecule has 0 aliphatic rings. The number of hydrogen-bond donors (Lipinski definition) is 1. The molecule has 2 aromatic heterocycles. The monoisotopic (exact) mass is 265 g/mol. The average Bonchev–Trinajstić information content (AvgIpc) is 2.89. The Morgan fingerprint density at radius 1 is 1.39 bits per heavy atom. The van der Waals surface area contributed by atoms with Crippen LogP contribution in [0.25, 0.3) is 0 Å². The van der Waals surface area contributed by atoms with Gasteiger partial charge in [-0.2, -0.15) is 0 Å². The smallest absolute Gasteiger partial charge is 0.129 e. The lowest BCUT2D eigenvalue weighted by Crippen LogP contribution is -2.23. The summed E-state index contributed by atoms with van der Waals surface area (Å²) in [7, 11) is 0. The van der Waals surface area contributed by atoms with E-state index >= 15 is 0 Å². The quantitative estimate of drug-likeness (QED) is 0.903. The molecule has 2 rings (SSSR count). The highest BCUT2D eigenvalue weighted by atomic mass is 35.5. The van der Waals surface area contributed by atoms with E-state index in [1.54, 1.807) is 6.26 Å². The zero-order chi connectivity index (χ0) is 13.0. The number of anilines is 1. The first-order valence-corrected chi connectivity index (χ1v) is 6.25. The summed E-state index contributed by atoms with van der Waals surface area (Å²) >= 11 is 6.01. The van der Waals surface area contributed by atoms with Crippen LogP contribution >= 0.6 is 11.6 Å². The van der Waals surface area contributed by atoms with Gasteiger partial charge in [0.25, 0.3) is 0 Å². The zero-order valence-corrected chi connectivity index (χ0v) is 11.0. The Bertz CT molecular complexity index is 499. The van der Waals surface area contributed by atoms with Crippen LogP contribution in [0.15, 0.2) is 34.9 Å². The third kappa shape index (κ3) is 2.83. The third-order valence-corrected chi connectivity index (χ3v) is 3.07. The van der Waals surface area contributed by atoms with Gasteiger partial charge >= 0.3 is 0 Å². The molecule has 5 heteroatoms. The van der Waals surface area contributed by atoms with Crippen LogP contribution in [0.1, 0.15) is 18.4 Å². The molecule has 0 aliphatic carbocycles. The van der Waals surface area contributed by atoms with Crippen molar-refractivity contribution in [2.75, 3.05) is 11.4 Å². The molecular formula is C13H16ClN3O. The largest absolute Gasteiger partial charge is 0.467 e. The Morgan fingerprint density at radius 3 is 2.83 bits per heavy atom. The first-order chi connectivity index (χ1) is 8.74. The maximum absolute atomic E-state index is 6.01. The Hall–Kier alpha value is -1.52. The average molecular weight is 266 g/mol. The van der Waals surface area contributed by atoms with Gasteiger partial charge in [0.05, 0.1) is 23.5 Å². The molecule has 96 valence electrons. The van der Waals surface area contributed by atoms with Crippen molar-refractivity contribution in [1.82, 2.24) is 4.98 Å². The normalized spacial score (nSPS) is 10.6. The molecule has 0 radical (unpaired) electrons. The van der Waals surface area contributed by atoms with Crippen LogP contribution in [-0.4, -0.2) is 11.5 Å². The summed E-state index contributed by atoms with van der Waals surface area (Å²) in [5.74, 6) is 1.77. The molecule has 0 bridgehead atoms. The number of aromatic nitrogens is 1. The lowest BCUT2D eigenvalue weighted by atomic mass is 10.3. The number of furan rings is 1. The second-order valence-corrected chi connectivity index (χ2v) is 4.30. The fourth-order valence-corrected chi connectivity index (χ4v) is 1.92. The molecule has 0 saturated heterocycles. The van der Waals surface area contributed by atoms with Crippen molar-refractivity contribution in [1.29, 1.82) is 0 Å². The molecule has 0 aromatic carbocycles. The second-order valence-electron chi connectivity index (χ2n) is 3.90. The Morgan fingerprint density at radius 2 is 2.22 bits per heavy atom. The molecule has 0 fully saturated rings. The topological polar surface area (TPSA) is 55.3 Å². The minimum atomic E-state index is 0.338. The predicted octanol–water partition coefficient (Wildman–Crippen LogP) is 2.81. The summed E-state index contributed by atoms with van der Waals surface area (Å²) in [6.07, 6.45) is 1.67. The van der Waals surface area contributed by atoms with Crippen LogP contribution in [0.3, 0.4) is 0 Å². The van der Waals surface area contributed by atoms with Crippen LogP contribution in [-0.2, 0) is 13.1 Å². The van der Waals surface area contributed by atoms with Crippen molar-refractivity contribution in [3.63, 3.8) is 0 Å². The van der Waals surface area contributed by atoms with E-state index in [9.17, 15) is 0 Å². The molecule has 0 saturated carbocycles. The van der Waals surface area contributed by atoms with E-state index in [0.29, 0.717) is 23.8 Å². The Labute approximate surface area is 111 Å². The first-order valence-electron chi connectivity index (χ1n) is 5.87. The van der Waals surface area contributed by atoms with E-state index in [1.807, 2.05) is 24.3 Å². The summed E-state index contributed by atoms with van der Waals surface area (Å²) in [6.45, 7) is 3.92. The minimum absolute atomic E-state index is 0.338. The zero-order valence-electron chi connectivity index (χ0n) is 10.3. The van der Waals surface area contributed by atoms with Gasteiger partial charge in [-0.25, -0.2) is 4.98 Å². The van der Waals surface area contributed by atoms with Gasteiger partial charge in [0.15, 0.2) is 0 Å². The molecule has 2 aromatic rings. The summed E-state index contributed by atoms with van der Waals surface area (Å²) in [5, 5.41) is 0.607. The summed E-state index contributed by atoms with van der Waals surface area (Å²) in [6, 6.07) is 7.55. The lowest BCUT2D eigenvalue weighted by Gasteiger charge is -2.21. The van der Waals surface area contributed by atoms with Gasteiger partial charge in [-0.3, -0.25) is 0 Å². The number of hydrogen-bond acceptors (Lipinski definition) is 4. The number of halogens is 1. The molecule has 0 unspecified atom stereocenters. The molecule has 0 spiro atoms. The van der Waals surface area contributed by atoms with Crippen molar-refractivity contribution in [2.24, 2.45) is 5.73 Å². The molecule has 4 nitrogen and oxygen atoms in total. The molecule has 0 aliphatic heterocycles. The highest BCUT2D eigenvalue weighted by molar-refractivity contribution is 6.31. The van der Waals surface area contributed by atoms with E-state index in [0.717, 1.165) is 18.1 Å². The van der Waals surface area contributed by atoms with Crippen molar-refractivity contribution in [3.05, 3.63) is 47.0 Å². The van der Waals surface area contributed by atoms with Gasteiger partial charge in [0, 0.05) is 13.1 Å². The summed E-state index contributed by atoms with van der Waals surface area (Å²) in [5.41, 5.74) is 6.33. The summed E-state index contributed by atoms with van der Waals surface area (Å²) < 4.78 is 5.35. The molecule has 18 heavy (non-hydrogen) atoms. The van der Waals surface area contributed by atoms with E-state index in [-0.39, 0.29) is 0 Å². The number of pyridine rings is 1. The van der Waals surface area contributed by atoms with Crippen LogP contribution in [0.4, 0.5) is 5.82 Å². The van der Waals surface area contributed by atoms with E-state index in [1.165, 1.54) is 0 Å². The Kier molecular flexibility index (Phi) is 4.23. The van der Waals surface area contributed by atoms with Gasteiger partial charge in [-0.1, -0.05) is 11.6 Å². The predicted molar refractivity (Wildman–Crippen MR) is 72.6 cm³/mol. The maximum Gasteiger partial charge on any atom is 0.129 e. The van der Waals surface area contributed by atoms with Crippen LogP contribution in [0, 0.1) is 0 Å². The van der Waals surface area contributed by atoms with E-state index in [2.05, 4.69) is 16.8 Å². The van der Waals surface area contributed by atoms with Gasteiger partial charge in [-0.05, 0) is 31.2 Å². The van der Waals surface area contributed by atoms with Crippen molar-refractivity contribution in [3.8, 4) is 0 Å². The Balaban J connectivity index is 2.21. The van der Waals surface area contributed by atoms with Crippen molar-refractivity contribution < 1.29 is 4.42 Å². The molecule has 2 heterocycles. The third-order valence-electron chi connectivity index (χ3n) is 2.73.